The largest absolute Gasteiger partial charge is 0.207 e. The molecule has 0 aliphatic carbocycles. The predicted molar refractivity (Wildman–Crippen MR) is 59.9 cm³/mol. The predicted octanol–water partition coefficient (Wildman–Crippen LogP) is 4.87. The van der Waals surface area contributed by atoms with E-state index in [2.05, 4.69) is 0 Å². The average Bonchev–Trinajstić information content (AvgIpc) is 2.02. The molecule has 0 amide bonds. The van der Waals surface area contributed by atoms with Crippen LogP contribution in [0.15, 0.2) is 24.3 Å². The molecule has 1 rings (SSSR count). The van der Waals surface area contributed by atoms with Gasteiger partial charge in [-0.25, -0.2) is 4.39 Å². The van der Waals surface area contributed by atoms with Crippen molar-refractivity contribution in [1.29, 1.82) is 0 Å². The minimum absolute atomic E-state index is 0.185. The van der Waals surface area contributed by atoms with Gasteiger partial charge in [-0.15, -0.1) is 11.6 Å². The Kier molecular flexibility index (Phi) is 4.32. The van der Waals surface area contributed by atoms with Crippen LogP contribution in [-0.2, 0) is 0 Å². The molecule has 0 radical (unpaired) electrons. The number of rotatable bonds is 2. The van der Waals surface area contributed by atoms with E-state index in [1.807, 2.05) is 0 Å². The van der Waals surface area contributed by atoms with E-state index >= 15 is 0 Å². The molecule has 0 aromatic heterocycles. The van der Waals surface area contributed by atoms with Crippen molar-refractivity contribution in [1.82, 2.24) is 0 Å². The van der Waals surface area contributed by atoms with Gasteiger partial charge >= 0.3 is 0 Å². The SMILES string of the molecule is Fc1ccc(C(Cl)CC(Cl)(Cl)Cl)cc1. The van der Waals surface area contributed by atoms with E-state index in [4.69, 9.17) is 46.4 Å². The normalized spacial score (nSPS) is 14.1. The lowest BCUT2D eigenvalue weighted by Crippen LogP contribution is -2.06. The summed E-state index contributed by atoms with van der Waals surface area (Å²) in [6, 6.07) is 5.79. The molecule has 0 heterocycles. The Morgan fingerprint density at radius 2 is 1.64 bits per heavy atom. The maximum atomic E-state index is 12.6. The molecule has 0 saturated carbocycles. The minimum Gasteiger partial charge on any atom is -0.207 e. The van der Waals surface area contributed by atoms with Crippen molar-refractivity contribution in [2.75, 3.05) is 0 Å². The summed E-state index contributed by atoms with van der Waals surface area (Å²) in [5, 5.41) is -0.428. The topological polar surface area (TPSA) is 0 Å². The maximum Gasteiger partial charge on any atom is 0.192 e. The highest BCUT2D eigenvalue weighted by Gasteiger charge is 2.25. The molecule has 1 atom stereocenters. The third kappa shape index (κ3) is 4.22. The molecule has 5 heteroatoms. The van der Waals surface area contributed by atoms with Crippen LogP contribution in [0.3, 0.4) is 0 Å². The Balaban J connectivity index is 2.70. The Labute approximate surface area is 102 Å². The first-order chi connectivity index (χ1) is 6.38. The van der Waals surface area contributed by atoms with Gasteiger partial charge in [0.15, 0.2) is 3.79 Å². The van der Waals surface area contributed by atoms with E-state index in [1.165, 1.54) is 12.1 Å². The lowest BCUT2D eigenvalue weighted by molar-refractivity contribution is 0.626. The first kappa shape index (κ1) is 12.4. The highest BCUT2D eigenvalue weighted by molar-refractivity contribution is 6.67. The molecular weight excluding hydrogens is 269 g/mol. The lowest BCUT2D eigenvalue weighted by Gasteiger charge is -2.15. The van der Waals surface area contributed by atoms with Gasteiger partial charge in [0.2, 0.25) is 0 Å². The molecule has 14 heavy (non-hydrogen) atoms. The van der Waals surface area contributed by atoms with Crippen molar-refractivity contribution in [3.63, 3.8) is 0 Å². The summed E-state index contributed by atoms with van der Waals surface area (Å²) in [5.74, 6) is -0.313. The van der Waals surface area contributed by atoms with Gasteiger partial charge in [-0.1, -0.05) is 46.9 Å². The van der Waals surface area contributed by atoms with Crippen LogP contribution in [0.4, 0.5) is 4.39 Å². The monoisotopic (exact) mass is 274 g/mol. The van der Waals surface area contributed by atoms with Gasteiger partial charge in [-0.05, 0) is 17.7 Å². The molecule has 0 nitrogen and oxygen atoms in total. The van der Waals surface area contributed by atoms with E-state index in [9.17, 15) is 4.39 Å². The number of hydrogen-bond donors (Lipinski definition) is 0. The van der Waals surface area contributed by atoms with Crippen molar-refractivity contribution in [3.8, 4) is 0 Å². The molecule has 1 unspecified atom stereocenters. The number of benzene rings is 1. The van der Waals surface area contributed by atoms with Crippen LogP contribution in [0.25, 0.3) is 0 Å². The second-order valence-electron chi connectivity index (χ2n) is 2.84. The second-order valence-corrected chi connectivity index (χ2v) is 5.88. The highest BCUT2D eigenvalue weighted by atomic mass is 35.6. The van der Waals surface area contributed by atoms with Gasteiger partial charge in [0, 0.05) is 6.42 Å². The smallest absolute Gasteiger partial charge is 0.192 e. The summed E-state index contributed by atoms with van der Waals surface area (Å²) in [6.45, 7) is 0. The highest BCUT2D eigenvalue weighted by Crippen LogP contribution is 2.39. The van der Waals surface area contributed by atoms with Crippen molar-refractivity contribution in [2.45, 2.75) is 15.6 Å². The van der Waals surface area contributed by atoms with E-state index in [-0.39, 0.29) is 12.2 Å². The van der Waals surface area contributed by atoms with Crippen molar-refractivity contribution < 1.29 is 4.39 Å². The lowest BCUT2D eigenvalue weighted by atomic mass is 10.1. The zero-order valence-corrected chi connectivity index (χ0v) is 10.0. The number of hydrogen-bond acceptors (Lipinski definition) is 0. The number of halogens is 5. The minimum atomic E-state index is -1.39. The van der Waals surface area contributed by atoms with Crippen LogP contribution in [-0.4, -0.2) is 3.79 Å². The van der Waals surface area contributed by atoms with Crippen LogP contribution in [0.2, 0.25) is 0 Å². The van der Waals surface area contributed by atoms with Gasteiger partial charge in [-0.3, -0.25) is 0 Å². The number of alkyl halides is 4. The van der Waals surface area contributed by atoms with E-state index in [0.717, 1.165) is 5.56 Å². The Hall–Kier alpha value is 0.310. The first-order valence-corrected chi connectivity index (χ1v) is 5.42. The second kappa shape index (κ2) is 4.89. The van der Waals surface area contributed by atoms with Crippen LogP contribution >= 0.6 is 46.4 Å². The molecule has 0 bridgehead atoms. The molecule has 0 aliphatic heterocycles. The maximum absolute atomic E-state index is 12.6. The average molecular weight is 276 g/mol. The molecule has 0 saturated heterocycles. The Morgan fingerprint density at radius 3 is 2.07 bits per heavy atom. The van der Waals surface area contributed by atoms with Gasteiger partial charge in [0.25, 0.3) is 0 Å². The fraction of sp³-hybridized carbons (Fsp3) is 0.333. The van der Waals surface area contributed by atoms with Gasteiger partial charge in [0.05, 0.1) is 5.38 Å². The van der Waals surface area contributed by atoms with E-state index in [1.54, 1.807) is 12.1 Å². The summed E-state index contributed by atoms with van der Waals surface area (Å²) in [6.07, 6.45) is 0.185. The van der Waals surface area contributed by atoms with Crippen molar-refractivity contribution in [3.05, 3.63) is 35.6 Å². The third-order valence-corrected chi connectivity index (χ3v) is 2.51. The molecule has 0 N–H and O–H groups in total. The van der Waals surface area contributed by atoms with Crippen LogP contribution < -0.4 is 0 Å². The zero-order chi connectivity index (χ0) is 10.8. The zero-order valence-electron chi connectivity index (χ0n) is 6.98. The summed E-state index contributed by atoms with van der Waals surface area (Å²) >= 11 is 22.7. The Morgan fingerprint density at radius 1 is 1.14 bits per heavy atom. The fourth-order valence-electron chi connectivity index (χ4n) is 0.993. The summed E-state index contributed by atoms with van der Waals surface area (Å²) in [5.41, 5.74) is 0.736. The molecule has 0 aliphatic rings. The van der Waals surface area contributed by atoms with E-state index < -0.39 is 9.17 Å². The third-order valence-electron chi connectivity index (χ3n) is 1.64. The molecule has 1 aromatic rings. The van der Waals surface area contributed by atoms with Crippen LogP contribution in [0.5, 0.6) is 0 Å². The van der Waals surface area contributed by atoms with Crippen LogP contribution in [0.1, 0.15) is 17.4 Å². The molecule has 78 valence electrons. The van der Waals surface area contributed by atoms with E-state index in [0.29, 0.717) is 0 Å². The quantitative estimate of drug-likeness (QED) is 0.676. The van der Waals surface area contributed by atoms with Gasteiger partial charge in [-0.2, -0.15) is 0 Å². The molecule has 0 spiro atoms. The van der Waals surface area contributed by atoms with Crippen LogP contribution in [0, 0.1) is 5.82 Å². The van der Waals surface area contributed by atoms with Crippen molar-refractivity contribution >= 4 is 46.4 Å². The first-order valence-electron chi connectivity index (χ1n) is 3.85. The Bertz CT molecular complexity index is 291. The van der Waals surface area contributed by atoms with Gasteiger partial charge < -0.3 is 0 Å². The molecular formula is C9H7Cl4F. The summed E-state index contributed by atoms with van der Waals surface area (Å²) < 4.78 is 11.2. The molecule has 1 aromatic carbocycles. The van der Waals surface area contributed by atoms with Crippen molar-refractivity contribution in [2.24, 2.45) is 0 Å². The standard InChI is InChI=1S/C9H7Cl4F/c10-8(5-9(11,12)13)6-1-3-7(14)4-2-6/h1-4,8H,5H2. The fourth-order valence-corrected chi connectivity index (χ4v) is 2.07. The summed E-state index contributed by atoms with van der Waals surface area (Å²) in [7, 11) is 0. The summed E-state index contributed by atoms with van der Waals surface area (Å²) in [4.78, 5) is 0. The van der Waals surface area contributed by atoms with Gasteiger partial charge in [0.1, 0.15) is 5.82 Å². The molecule has 0 fully saturated rings.